The summed E-state index contributed by atoms with van der Waals surface area (Å²) in [5, 5.41) is 11.1. The van der Waals surface area contributed by atoms with Crippen molar-refractivity contribution in [1.29, 1.82) is 0 Å². The SMILES string of the molecule is O=C(C(c1ccccc1)c1ccccc1)N1C[C@@H]2C[C@H]1c1c(O)n(-c3cccc(C(F)(F)F)c3)c(=O)n12. The first-order valence-corrected chi connectivity index (χ1v) is 11.9. The first-order chi connectivity index (χ1) is 17.8. The fourth-order valence-corrected chi connectivity index (χ4v) is 5.68. The van der Waals surface area contributed by atoms with Gasteiger partial charge in [0.15, 0.2) is 0 Å². The molecule has 188 valence electrons. The Labute approximate surface area is 209 Å². The molecule has 1 saturated heterocycles. The second kappa shape index (κ2) is 8.40. The van der Waals surface area contributed by atoms with Crippen LogP contribution in [0.4, 0.5) is 13.2 Å². The van der Waals surface area contributed by atoms with Gasteiger partial charge in [-0.2, -0.15) is 13.2 Å². The molecule has 1 amide bonds. The summed E-state index contributed by atoms with van der Waals surface area (Å²) >= 11 is 0. The van der Waals surface area contributed by atoms with Crippen molar-refractivity contribution < 1.29 is 23.1 Å². The van der Waals surface area contributed by atoms with Crippen molar-refractivity contribution in [3.8, 4) is 11.6 Å². The van der Waals surface area contributed by atoms with Gasteiger partial charge >= 0.3 is 11.9 Å². The molecule has 4 aromatic rings. The van der Waals surface area contributed by atoms with E-state index in [1.165, 1.54) is 16.7 Å². The fraction of sp³-hybridized carbons (Fsp3) is 0.214. The Bertz CT molecular complexity index is 1500. The highest BCUT2D eigenvalue weighted by molar-refractivity contribution is 5.88. The molecule has 2 atom stereocenters. The van der Waals surface area contributed by atoms with Crippen LogP contribution in [0.15, 0.2) is 89.7 Å². The smallest absolute Gasteiger partial charge is 0.416 e. The van der Waals surface area contributed by atoms with Crippen LogP contribution in [0.25, 0.3) is 5.69 Å². The molecular formula is C28H22F3N3O3. The largest absolute Gasteiger partial charge is 0.493 e. The molecule has 0 spiro atoms. The topological polar surface area (TPSA) is 67.5 Å². The number of rotatable bonds is 4. The van der Waals surface area contributed by atoms with Crippen molar-refractivity contribution in [2.24, 2.45) is 0 Å². The van der Waals surface area contributed by atoms with E-state index in [4.69, 9.17) is 0 Å². The summed E-state index contributed by atoms with van der Waals surface area (Å²) in [5.41, 5.74) is 0.286. The minimum absolute atomic E-state index is 0.0806. The molecule has 9 heteroatoms. The Hall–Kier alpha value is -4.27. The van der Waals surface area contributed by atoms with Gasteiger partial charge in [-0.1, -0.05) is 66.7 Å². The van der Waals surface area contributed by atoms with Crippen LogP contribution in [0.1, 0.15) is 46.8 Å². The molecule has 1 fully saturated rings. The summed E-state index contributed by atoms with van der Waals surface area (Å²) in [6.45, 7) is 0.276. The van der Waals surface area contributed by atoms with Crippen LogP contribution >= 0.6 is 0 Å². The molecule has 3 aromatic carbocycles. The van der Waals surface area contributed by atoms with Gasteiger partial charge in [0.05, 0.1) is 29.3 Å². The summed E-state index contributed by atoms with van der Waals surface area (Å²) in [6.07, 6.45) is -4.13. The molecule has 3 heterocycles. The molecule has 1 N–H and O–H groups in total. The maximum absolute atomic E-state index is 14.0. The molecule has 1 aromatic heterocycles. The highest BCUT2D eigenvalue weighted by Gasteiger charge is 2.50. The molecule has 2 bridgehead atoms. The molecule has 0 unspecified atom stereocenters. The van der Waals surface area contributed by atoms with E-state index in [1.54, 1.807) is 4.90 Å². The van der Waals surface area contributed by atoms with Crippen molar-refractivity contribution in [2.45, 2.75) is 30.6 Å². The Balaban J connectivity index is 1.40. The minimum Gasteiger partial charge on any atom is -0.493 e. The number of carbonyl (C=O) groups is 1. The minimum atomic E-state index is -4.59. The normalized spacial score (nSPS) is 18.4. The average molecular weight is 505 g/mol. The Morgan fingerprint density at radius 2 is 1.54 bits per heavy atom. The third-order valence-corrected chi connectivity index (χ3v) is 7.29. The van der Waals surface area contributed by atoms with E-state index in [-0.39, 0.29) is 29.9 Å². The Morgan fingerprint density at radius 1 is 0.919 bits per heavy atom. The number of halogens is 3. The lowest BCUT2D eigenvalue weighted by molar-refractivity contribution is -0.137. The number of likely N-dealkylation sites (tertiary alicyclic amines) is 1. The Morgan fingerprint density at radius 3 is 2.14 bits per heavy atom. The monoisotopic (exact) mass is 505 g/mol. The zero-order valence-electron chi connectivity index (χ0n) is 19.5. The van der Waals surface area contributed by atoms with Crippen molar-refractivity contribution in [3.63, 3.8) is 0 Å². The lowest BCUT2D eigenvalue weighted by atomic mass is 9.89. The number of imidazole rings is 1. The van der Waals surface area contributed by atoms with E-state index in [2.05, 4.69) is 0 Å². The zero-order valence-corrected chi connectivity index (χ0v) is 19.5. The number of nitrogens with zero attached hydrogens (tertiary/aromatic N) is 3. The van der Waals surface area contributed by atoms with E-state index in [0.29, 0.717) is 6.42 Å². The molecule has 0 saturated carbocycles. The van der Waals surface area contributed by atoms with Crippen LogP contribution in [0.2, 0.25) is 0 Å². The van der Waals surface area contributed by atoms with Crippen LogP contribution in [-0.2, 0) is 11.0 Å². The van der Waals surface area contributed by atoms with Crippen LogP contribution in [-0.4, -0.2) is 31.6 Å². The van der Waals surface area contributed by atoms with Crippen LogP contribution in [0.3, 0.4) is 0 Å². The van der Waals surface area contributed by atoms with Gasteiger partial charge in [0.2, 0.25) is 11.8 Å². The van der Waals surface area contributed by atoms with Crippen LogP contribution in [0.5, 0.6) is 5.88 Å². The number of hydrogen-bond acceptors (Lipinski definition) is 3. The van der Waals surface area contributed by atoms with Crippen LogP contribution in [0, 0.1) is 0 Å². The van der Waals surface area contributed by atoms with Gasteiger partial charge < -0.3 is 10.0 Å². The summed E-state index contributed by atoms with van der Waals surface area (Å²) in [6, 6.07) is 22.1. The molecule has 37 heavy (non-hydrogen) atoms. The van der Waals surface area contributed by atoms with Gasteiger partial charge in [0.1, 0.15) is 5.69 Å². The molecule has 2 aliphatic heterocycles. The van der Waals surface area contributed by atoms with Crippen molar-refractivity contribution in [1.82, 2.24) is 14.0 Å². The van der Waals surface area contributed by atoms with Gasteiger partial charge in [-0.3, -0.25) is 9.36 Å². The maximum atomic E-state index is 14.0. The number of benzene rings is 3. The van der Waals surface area contributed by atoms with E-state index >= 15 is 0 Å². The van der Waals surface area contributed by atoms with Crippen molar-refractivity contribution in [3.05, 3.63) is 118 Å². The molecule has 0 aliphatic carbocycles. The van der Waals surface area contributed by atoms with Gasteiger partial charge in [-0.05, 0) is 35.7 Å². The first-order valence-electron chi connectivity index (χ1n) is 11.9. The predicted octanol–water partition coefficient (Wildman–Crippen LogP) is 5.02. The van der Waals surface area contributed by atoms with Gasteiger partial charge in [0, 0.05) is 6.54 Å². The maximum Gasteiger partial charge on any atom is 0.416 e. The second-order valence-electron chi connectivity index (χ2n) is 9.40. The molecular weight excluding hydrogens is 483 g/mol. The molecule has 6 nitrogen and oxygen atoms in total. The highest BCUT2D eigenvalue weighted by Crippen LogP contribution is 2.50. The number of aromatic nitrogens is 2. The lowest BCUT2D eigenvalue weighted by Gasteiger charge is -2.31. The summed E-state index contributed by atoms with van der Waals surface area (Å²) < 4.78 is 42.1. The number of alkyl halides is 3. The van der Waals surface area contributed by atoms with Gasteiger partial charge in [-0.15, -0.1) is 0 Å². The van der Waals surface area contributed by atoms with E-state index < -0.39 is 35.3 Å². The third-order valence-electron chi connectivity index (χ3n) is 7.29. The Kier molecular flexibility index (Phi) is 5.25. The highest BCUT2D eigenvalue weighted by atomic mass is 19.4. The fourth-order valence-electron chi connectivity index (χ4n) is 5.68. The van der Waals surface area contributed by atoms with Gasteiger partial charge in [0.25, 0.3) is 0 Å². The average Bonchev–Trinajstić information content (AvgIpc) is 3.56. The third kappa shape index (κ3) is 3.64. The lowest BCUT2D eigenvalue weighted by Crippen LogP contribution is -2.40. The standard InChI is InChI=1S/C28H22F3N3O3/c29-28(30,31)19-12-7-13-20(14-19)34-26(36)24-22-15-21(33(24)27(34)37)16-32(22)25(35)23(17-8-3-1-4-9-17)18-10-5-2-6-11-18/h1-14,21-23,36H,15-16H2/t21-,22-/m0/s1. The first kappa shape index (κ1) is 23.1. The van der Waals surface area contributed by atoms with E-state index in [0.717, 1.165) is 27.8 Å². The number of aromatic hydroxyl groups is 1. The summed E-state index contributed by atoms with van der Waals surface area (Å²) in [5.74, 6) is -1.17. The van der Waals surface area contributed by atoms with Crippen LogP contribution < -0.4 is 5.69 Å². The number of amides is 1. The van der Waals surface area contributed by atoms with E-state index in [1.807, 2.05) is 60.7 Å². The molecule has 6 rings (SSSR count). The molecule has 2 aliphatic rings. The number of carbonyl (C=O) groups excluding carboxylic acids is 1. The van der Waals surface area contributed by atoms with Crippen molar-refractivity contribution >= 4 is 5.91 Å². The second-order valence-corrected chi connectivity index (χ2v) is 9.40. The van der Waals surface area contributed by atoms with Crippen molar-refractivity contribution in [2.75, 3.05) is 6.54 Å². The predicted molar refractivity (Wildman–Crippen MR) is 130 cm³/mol. The molecule has 0 radical (unpaired) electrons. The van der Waals surface area contributed by atoms with Gasteiger partial charge in [-0.25, -0.2) is 9.36 Å². The number of hydrogen-bond donors (Lipinski definition) is 1. The number of fused-ring (bicyclic) bond motifs is 5. The van der Waals surface area contributed by atoms with E-state index in [9.17, 15) is 27.9 Å². The summed E-state index contributed by atoms with van der Waals surface area (Å²) in [7, 11) is 0. The zero-order chi connectivity index (χ0) is 25.9. The quantitative estimate of drug-likeness (QED) is 0.424. The summed E-state index contributed by atoms with van der Waals surface area (Å²) in [4.78, 5) is 28.9.